The van der Waals surface area contributed by atoms with E-state index < -0.39 is 0 Å². The Hall–Kier alpha value is -2.63. The first kappa shape index (κ1) is 17.2. The van der Waals surface area contributed by atoms with E-state index in [1.54, 1.807) is 18.2 Å². The standard InChI is InChI=1S/C16H12BrClN6O/c17-10-8-9(23-24-14(10)19)4-1-2-7-20-16(25)15-21-12-6-3-5-11(18)13(12)22-15/h3,5-6,8H,2,7H2,(H2,19,24)(H,20,25)(H,21,22). The summed E-state index contributed by atoms with van der Waals surface area (Å²) < 4.78 is 0.642. The number of nitrogen functional groups attached to an aromatic ring is 1. The number of carbonyl (C=O) groups excluding carboxylic acids is 1. The topological polar surface area (TPSA) is 110 Å². The fraction of sp³-hybridized carbons (Fsp3) is 0.125. The van der Waals surface area contributed by atoms with Gasteiger partial charge in [-0.2, -0.15) is 0 Å². The molecule has 0 bridgehead atoms. The van der Waals surface area contributed by atoms with Gasteiger partial charge in [-0.1, -0.05) is 23.6 Å². The van der Waals surface area contributed by atoms with Gasteiger partial charge in [-0.3, -0.25) is 4.79 Å². The van der Waals surface area contributed by atoms with E-state index in [0.717, 1.165) is 0 Å². The Morgan fingerprint density at radius 1 is 1.40 bits per heavy atom. The van der Waals surface area contributed by atoms with Gasteiger partial charge in [-0.25, -0.2) is 4.98 Å². The van der Waals surface area contributed by atoms with Gasteiger partial charge in [0.25, 0.3) is 5.91 Å². The van der Waals surface area contributed by atoms with E-state index in [-0.39, 0.29) is 11.7 Å². The van der Waals surface area contributed by atoms with Crippen molar-refractivity contribution < 1.29 is 4.79 Å². The van der Waals surface area contributed by atoms with Crippen molar-refractivity contribution in [1.29, 1.82) is 0 Å². The maximum atomic E-state index is 12.1. The number of hydrogen-bond donors (Lipinski definition) is 3. The second-order valence-electron chi connectivity index (χ2n) is 4.99. The number of nitrogens with zero attached hydrogens (tertiary/aromatic N) is 3. The monoisotopic (exact) mass is 418 g/mol. The highest BCUT2D eigenvalue weighted by Gasteiger charge is 2.12. The van der Waals surface area contributed by atoms with E-state index in [2.05, 4.69) is 53.3 Å². The van der Waals surface area contributed by atoms with Gasteiger partial charge in [0.2, 0.25) is 0 Å². The highest BCUT2D eigenvalue weighted by atomic mass is 79.9. The van der Waals surface area contributed by atoms with Gasteiger partial charge in [-0.15, -0.1) is 10.2 Å². The number of amides is 1. The number of carbonyl (C=O) groups is 1. The number of nitrogens with one attached hydrogen (secondary N) is 2. The Kier molecular flexibility index (Phi) is 5.16. The van der Waals surface area contributed by atoms with Crippen molar-refractivity contribution in [3.8, 4) is 11.8 Å². The predicted octanol–water partition coefficient (Wildman–Crippen LogP) is 2.52. The molecule has 3 aromatic rings. The van der Waals surface area contributed by atoms with Gasteiger partial charge >= 0.3 is 0 Å². The highest BCUT2D eigenvalue weighted by Crippen LogP contribution is 2.20. The summed E-state index contributed by atoms with van der Waals surface area (Å²) in [5, 5.41) is 10.9. The molecule has 0 radical (unpaired) electrons. The third-order valence-corrected chi connectivity index (χ3v) is 4.14. The molecule has 0 atom stereocenters. The lowest BCUT2D eigenvalue weighted by Crippen LogP contribution is -2.25. The molecule has 25 heavy (non-hydrogen) atoms. The molecule has 0 aliphatic carbocycles. The first-order valence-corrected chi connectivity index (χ1v) is 8.41. The Morgan fingerprint density at radius 2 is 2.24 bits per heavy atom. The van der Waals surface area contributed by atoms with E-state index >= 15 is 0 Å². The zero-order chi connectivity index (χ0) is 17.8. The molecular formula is C16H12BrClN6O. The van der Waals surface area contributed by atoms with E-state index in [1.165, 1.54) is 0 Å². The fourth-order valence-corrected chi connectivity index (χ4v) is 2.53. The number of anilines is 1. The molecule has 7 nitrogen and oxygen atoms in total. The fourth-order valence-electron chi connectivity index (χ4n) is 2.02. The molecular weight excluding hydrogens is 408 g/mol. The van der Waals surface area contributed by atoms with E-state index in [9.17, 15) is 4.79 Å². The number of H-pyrrole nitrogens is 1. The Bertz CT molecular complexity index is 1010. The van der Waals surface area contributed by atoms with Gasteiger partial charge < -0.3 is 16.0 Å². The zero-order valence-corrected chi connectivity index (χ0v) is 15.1. The summed E-state index contributed by atoms with van der Waals surface area (Å²) >= 11 is 9.31. The molecule has 2 aromatic heterocycles. The van der Waals surface area contributed by atoms with Crippen LogP contribution in [0, 0.1) is 11.8 Å². The molecule has 1 aromatic carbocycles. The third kappa shape index (κ3) is 4.07. The molecule has 126 valence electrons. The third-order valence-electron chi connectivity index (χ3n) is 3.20. The number of aromatic amines is 1. The molecule has 4 N–H and O–H groups in total. The number of imidazole rings is 1. The second kappa shape index (κ2) is 7.51. The summed E-state index contributed by atoms with van der Waals surface area (Å²) in [5.74, 6) is 5.97. The van der Waals surface area contributed by atoms with Crippen molar-refractivity contribution in [3.05, 3.63) is 45.3 Å². The van der Waals surface area contributed by atoms with Crippen molar-refractivity contribution in [3.63, 3.8) is 0 Å². The second-order valence-corrected chi connectivity index (χ2v) is 6.25. The summed E-state index contributed by atoms with van der Waals surface area (Å²) in [4.78, 5) is 19.2. The number of hydrogen-bond acceptors (Lipinski definition) is 5. The predicted molar refractivity (Wildman–Crippen MR) is 99.1 cm³/mol. The van der Waals surface area contributed by atoms with Gasteiger partial charge in [0.05, 0.1) is 15.0 Å². The van der Waals surface area contributed by atoms with E-state index in [1.807, 2.05) is 6.07 Å². The van der Waals surface area contributed by atoms with Gasteiger partial charge in [0, 0.05) is 13.0 Å². The summed E-state index contributed by atoms with van der Waals surface area (Å²) in [6, 6.07) is 7.01. The normalized spacial score (nSPS) is 10.3. The molecule has 0 saturated heterocycles. The van der Waals surface area contributed by atoms with E-state index in [0.29, 0.717) is 45.0 Å². The first-order chi connectivity index (χ1) is 12.0. The average molecular weight is 420 g/mol. The summed E-state index contributed by atoms with van der Waals surface area (Å²) in [5.41, 5.74) is 7.34. The molecule has 0 aliphatic heterocycles. The number of halogens is 2. The van der Waals surface area contributed by atoms with Crippen LogP contribution in [0.1, 0.15) is 22.7 Å². The van der Waals surface area contributed by atoms with Crippen LogP contribution in [0.5, 0.6) is 0 Å². The largest absolute Gasteiger partial charge is 0.381 e. The first-order valence-electron chi connectivity index (χ1n) is 7.24. The minimum Gasteiger partial charge on any atom is -0.381 e. The Balaban J connectivity index is 1.56. The molecule has 0 spiro atoms. The number of nitrogens with two attached hydrogens (primary N) is 1. The average Bonchev–Trinajstić information content (AvgIpc) is 3.03. The van der Waals surface area contributed by atoms with Crippen LogP contribution < -0.4 is 11.1 Å². The molecule has 2 heterocycles. The molecule has 0 saturated carbocycles. The van der Waals surface area contributed by atoms with Crippen LogP contribution in [0.15, 0.2) is 28.7 Å². The van der Waals surface area contributed by atoms with Crippen LogP contribution in [0.3, 0.4) is 0 Å². The Morgan fingerprint density at radius 3 is 3.00 bits per heavy atom. The van der Waals surface area contributed by atoms with Crippen LogP contribution in [-0.4, -0.2) is 32.6 Å². The van der Waals surface area contributed by atoms with Crippen LogP contribution in [0.2, 0.25) is 5.02 Å². The SMILES string of the molecule is Nc1nnc(C#CCCNC(=O)c2nc3c(Cl)cccc3[nH]2)cc1Br. The number of rotatable bonds is 3. The summed E-state index contributed by atoms with van der Waals surface area (Å²) in [7, 11) is 0. The molecule has 0 unspecified atom stereocenters. The number of aromatic nitrogens is 4. The lowest BCUT2D eigenvalue weighted by molar-refractivity contribution is 0.0945. The Labute approximate surface area is 156 Å². The lowest BCUT2D eigenvalue weighted by atomic mass is 10.3. The highest BCUT2D eigenvalue weighted by molar-refractivity contribution is 9.10. The van der Waals surface area contributed by atoms with Crippen LogP contribution in [0.25, 0.3) is 11.0 Å². The van der Waals surface area contributed by atoms with Gasteiger partial charge in [0.15, 0.2) is 11.6 Å². The molecule has 3 rings (SSSR count). The maximum absolute atomic E-state index is 12.1. The van der Waals surface area contributed by atoms with Crippen molar-refractivity contribution in [2.24, 2.45) is 0 Å². The number of para-hydroxylation sites is 1. The van der Waals surface area contributed by atoms with Crippen molar-refractivity contribution in [2.75, 3.05) is 12.3 Å². The van der Waals surface area contributed by atoms with Crippen LogP contribution in [0.4, 0.5) is 5.82 Å². The van der Waals surface area contributed by atoms with Crippen LogP contribution in [-0.2, 0) is 0 Å². The van der Waals surface area contributed by atoms with Crippen molar-refractivity contribution in [1.82, 2.24) is 25.5 Å². The minimum atomic E-state index is -0.316. The van der Waals surface area contributed by atoms with E-state index in [4.69, 9.17) is 17.3 Å². The van der Waals surface area contributed by atoms with Crippen molar-refractivity contribution in [2.45, 2.75) is 6.42 Å². The van der Waals surface area contributed by atoms with Gasteiger partial charge in [-0.05, 0) is 40.0 Å². The summed E-state index contributed by atoms with van der Waals surface area (Å²) in [6.45, 7) is 0.375. The smallest absolute Gasteiger partial charge is 0.287 e. The molecule has 9 heteroatoms. The minimum absolute atomic E-state index is 0.212. The van der Waals surface area contributed by atoms with Gasteiger partial charge in [0.1, 0.15) is 11.2 Å². The lowest BCUT2D eigenvalue weighted by Gasteiger charge is -1.98. The quantitative estimate of drug-likeness (QED) is 0.446. The number of fused-ring (bicyclic) bond motifs is 1. The molecule has 1 amide bonds. The maximum Gasteiger partial charge on any atom is 0.287 e. The summed E-state index contributed by atoms with van der Waals surface area (Å²) in [6.07, 6.45) is 0.455. The zero-order valence-electron chi connectivity index (χ0n) is 12.8. The van der Waals surface area contributed by atoms with Crippen molar-refractivity contribution >= 4 is 50.3 Å². The van der Waals surface area contributed by atoms with Crippen LogP contribution >= 0.6 is 27.5 Å². The molecule has 0 aliphatic rings. The number of benzene rings is 1. The molecule has 0 fully saturated rings.